The minimum Gasteiger partial charge on any atom is -0.317 e. The first-order valence-electron chi connectivity index (χ1n) is 6.69. The van der Waals surface area contributed by atoms with Gasteiger partial charge in [-0.05, 0) is 51.8 Å². The lowest BCUT2D eigenvalue weighted by molar-refractivity contribution is 0.136. The third-order valence-electron chi connectivity index (χ3n) is 2.48. The minimum atomic E-state index is -3.42. The van der Waals surface area contributed by atoms with E-state index in [2.05, 4.69) is 0 Å². The van der Waals surface area contributed by atoms with Crippen LogP contribution in [-0.4, -0.2) is 18.0 Å². The SMILES string of the molecule is CC(C)OP(=O)(OC(C)C)C(N)Cc1ccc(F)cc1. The predicted molar refractivity (Wildman–Crippen MR) is 78.1 cm³/mol. The van der Waals surface area contributed by atoms with Crippen LogP contribution in [0.3, 0.4) is 0 Å². The van der Waals surface area contributed by atoms with E-state index in [1.807, 2.05) is 0 Å². The molecule has 114 valence electrons. The van der Waals surface area contributed by atoms with Gasteiger partial charge in [-0.2, -0.15) is 0 Å². The minimum absolute atomic E-state index is 0.251. The van der Waals surface area contributed by atoms with Gasteiger partial charge in [0, 0.05) is 0 Å². The van der Waals surface area contributed by atoms with Crippen molar-refractivity contribution in [2.75, 3.05) is 0 Å². The Morgan fingerprint density at radius 3 is 1.95 bits per heavy atom. The topological polar surface area (TPSA) is 61.5 Å². The molecule has 0 amide bonds. The van der Waals surface area contributed by atoms with E-state index in [9.17, 15) is 8.96 Å². The molecule has 0 saturated heterocycles. The van der Waals surface area contributed by atoms with E-state index < -0.39 is 13.4 Å². The van der Waals surface area contributed by atoms with Crippen molar-refractivity contribution < 1.29 is 18.0 Å². The zero-order valence-electron chi connectivity index (χ0n) is 12.4. The van der Waals surface area contributed by atoms with Crippen LogP contribution >= 0.6 is 7.60 Å². The number of rotatable bonds is 7. The van der Waals surface area contributed by atoms with Gasteiger partial charge in [0.05, 0.1) is 12.2 Å². The van der Waals surface area contributed by atoms with Crippen molar-refractivity contribution in [3.8, 4) is 0 Å². The molecule has 1 aromatic rings. The largest absolute Gasteiger partial charge is 0.348 e. The third kappa shape index (κ3) is 5.33. The quantitative estimate of drug-likeness (QED) is 0.780. The standard InChI is InChI=1S/C14H23FNO3P/c1-10(2)18-20(17,19-11(3)4)14(16)9-12-5-7-13(15)8-6-12/h5-8,10-11,14H,9,16H2,1-4H3. The molecule has 0 aliphatic heterocycles. The van der Waals surface area contributed by atoms with Crippen LogP contribution in [0.4, 0.5) is 4.39 Å². The number of benzene rings is 1. The van der Waals surface area contributed by atoms with Gasteiger partial charge in [0.2, 0.25) is 0 Å². The summed E-state index contributed by atoms with van der Waals surface area (Å²) in [4.78, 5) is 0. The Hall–Kier alpha value is -0.740. The summed E-state index contributed by atoms with van der Waals surface area (Å²) in [5, 5.41) is 0. The van der Waals surface area contributed by atoms with Gasteiger partial charge in [0.25, 0.3) is 0 Å². The van der Waals surface area contributed by atoms with Crippen LogP contribution < -0.4 is 5.73 Å². The highest BCUT2D eigenvalue weighted by Gasteiger charge is 2.35. The van der Waals surface area contributed by atoms with Gasteiger partial charge in [-0.3, -0.25) is 4.57 Å². The summed E-state index contributed by atoms with van der Waals surface area (Å²) in [7, 11) is -3.42. The van der Waals surface area contributed by atoms with Crippen molar-refractivity contribution in [3.63, 3.8) is 0 Å². The van der Waals surface area contributed by atoms with Crippen molar-refractivity contribution in [1.82, 2.24) is 0 Å². The summed E-state index contributed by atoms with van der Waals surface area (Å²) in [6.07, 6.45) is -0.200. The van der Waals surface area contributed by atoms with Gasteiger partial charge < -0.3 is 14.8 Å². The highest BCUT2D eigenvalue weighted by atomic mass is 31.2. The summed E-state index contributed by atoms with van der Waals surface area (Å²) in [5.74, 6) is -1.10. The van der Waals surface area contributed by atoms with Crippen LogP contribution in [0.2, 0.25) is 0 Å². The fraction of sp³-hybridized carbons (Fsp3) is 0.571. The van der Waals surface area contributed by atoms with Crippen molar-refractivity contribution in [2.45, 2.75) is 52.1 Å². The first-order chi connectivity index (χ1) is 9.23. The molecule has 0 heterocycles. The van der Waals surface area contributed by atoms with E-state index in [1.165, 1.54) is 12.1 Å². The molecule has 0 spiro atoms. The van der Waals surface area contributed by atoms with Crippen molar-refractivity contribution in [1.29, 1.82) is 0 Å². The summed E-state index contributed by atoms with van der Waals surface area (Å²) in [6, 6.07) is 5.92. The second kappa shape index (κ2) is 7.32. The lowest BCUT2D eigenvalue weighted by Gasteiger charge is -2.27. The summed E-state index contributed by atoms with van der Waals surface area (Å²) < 4.78 is 36.5. The molecule has 2 N–H and O–H groups in total. The number of hydrogen-bond donors (Lipinski definition) is 1. The van der Waals surface area contributed by atoms with Gasteiger partial charge >= 0.3 is 7.60 Å². The normalized spacial score (nSPS) is 14.0. The molecular formula is C14H23FNO3P. The van der Waals surface area contributed by atoms with Gasteiger partial charge in [-0.15, -0.1) is 0 Å². The van der Waals surface area contributed by atoms with Crippen molar-refractivity contribution in [3.05, 3.63) is 35.6 Å². The number of hydrogen-bond acceptors (Lipinski definition) is 4. The van der Waals surface area contributed by atoms with Crippen LogP contribution in [-0.2, 0) is 20.0 Å². The Morgan fingerprint density at radius 1 is 1.10 bits per heavy atom. The fourth-order valence-corrected chi connectivity index (χ4v) is 3.71. The molecule has 1 rings (SSSR count). The van der Waals surface area contributed by atoms with E-state index >= 15 is 0 Å². The molecule has 1 unspecified atom stereocenters. The molecular weight excluding hydrogens is 280 g/mol. The Labute approximate surface area is 120 Å². The Kier molecular flexibility index (Phi) is 6.34. The van der Waals surface area contributed by atoms with Crippen molar-refractivity contribution in [2.24, 2.45) is 5.73 Å². The molecule has 1 aromatic carbocycles. The van der Waals surface area contributed by atoms with Crippen LogP contribution in [0.25, 0.3) is 0 Å². The van der Waals surface area contributed by atoms with Crippen LogP contribution in [0.15, 0.2) is 24.3 Å². The first-order valence-corrected chi connectivity index (χ1v) is 8.30. The monoisotopic (exact) mass is 303 g/mol. The van der Waals surface area contributed by atoms with Gasteiger partial charge in [-0.25, -0.2) is 4.39 Å². The molecule has 4 nitrogen and oxygen atoms in total. The zero-order valence-corrected chi connectivity index (χ0v) is 13.3. The Bertz CT molecular complexity index is 448. The van der Waals surface area contributed by atoms with Gasteiger partial charge in [0.15, 0.2) is 0 Å². The molecule has 0 radical (unpaired) electrons. The Balaban J connectivity index is 2.84. The van der Waals surface area contributed by atoms with E-state index in [0.29, 0.717) is 6.42 Å². The molecule has 0 aromatic heterocycles. The van der Waals surface area contributed by atoms with Crippen LogP contribution in [0.1, 0.15) is 33.3 Å². The molecule has 0 bridgehead atoms. The maximum Gasteiger partial charge on any atom is 0.348 e. The van der Waals surface area contributed by atoms with Gasteiger partial charge in [0.1, 0.15) is 11.6 Å². The first kappa shape index (κ1) is 17.3. The fourth-order valence-electron chi connectivity index (χ4n) is 1.74. The second-order valence-electron chi connectivity index (χ2n) is 5.25. The highest BCUT2D eigenvalue weighted by molar-refractivity contribution is 7.54. The maximum atomic E-state index is 12.9. The van der Waals surface area contributed by atoms with E-state index in [0.717, 1.165) is 5.56 Å². The summed E-state index contributed by atoms with van der Waals surface area (Å²) >= 11 is 0. The van der Waals surface area contributed by atoms with Gasteiger partial charge in [-0.1, -0.05) is 12.1 Å². The highest BCUT2D eigenvalue weighted by Crippen LogP contribution is 2.54. The second-order valence-corrected chi connectivity index (χ2v) is 7.41. The van der Waals surface area contributed by atoms with E-state index in [-0.39, 0.29) is 18.0 Å². The molecule has 0 fully saturated rings. The number of nitrogens with two attached hydrogens (primary N) is 1. The molecule has 6 heteroatoms. The zero-order chi connectivity index (χ0) is 15.3. The average molecular weight is 303 g/mol. The average Bonchev–Trinajstić information content (AvgIpc) is 2.29. The van der Waals surface area contributed by atoms with E-state index in [1.54, 1.807) is 39.8 Å². The molecule has 0 saturated carbocycles. The lowest BCUT2D eigenvalue weighted by atomic mass is 10.1. The molecule has 20 heavy (non-hydrogen) atoms. The maximum absolute atomic E-state index is 12.9. The molecule has 1 atom stereocenters. The van der Waals surface area contributed by atoms with Crippen LogP contribution in [0.5, 0.6) is 0 Å². The molecule has 0 aliphatic carbocycles. The van der Waals surface area contributed by atoms with E-state index in [4.69, 9.17) is 14.8 Å². The number of halogens is 1. The third-order valence-corrected chi connectivity index (χ3v) is 4.91. The smallest absolute Gasteiger partial charge is 0.317 e. The lowest BCUT2D eigenvalue weighted by Crippen LogP contribution is -2.28. The van der Waals surface area contributed by atoms with Crippen molar-refractivity contribution >= 4 is 7.60 Å². The molecule has 0 aliphatic rings. The van der Waals surface area contributed by atoms with Crippen LogP contribution in [0, 0.1) is 5.82 Å². The Morgan fingerprint density at radius 2 is 1.55 bits per heavy atom. The summed E-state index contributed by atoms with van der Waals surface area (Å²) in [6.45, 7) is 7.11. The summed E-state index contributed by atoms with van der Waals surface area (Å²) in [5.41, 5.74) is 6.80. The predicted octanol–water partition coefficient (Wildman–Crippen LogP) is 3.70.